The van der Waals surface area contributed by atoms with Crippen molar-refractivity contribution in [1.29, 1.82) is 0 Å². The third kappa shape index (κ3) is 5.56. The Morgan fingerprint density at radius 1 is 1.19 bits per heavy atom. The molecular weight excluding hydrogens is 544 g/mol. The molecular formula is C26H21BrN4O6. The average Bonchev–Trinajstić information content (AvgIpc) is 2.89. The van der Waals surface area contributed by atoms with Crippen LogP contribution in [-0.4, -0.2) is 39.5 Å². The van der Waals surface area contributed by atoms with Gasteiger partial charge in [0.15, 0.2) is 11.9 Å². The van der Waals surface area contributed by atoms with Crippen molar-refractivity contribution < 1.29 is 19.2 Å². The molecule has 37 heavy (non-hydrogen) atoms. The molecule has 0 fully saturated rings. The zero-order valence-corrected chi connectivity index (χ0v) is 21.4. The lowest BCUT2D eigenvalue weighted by atomic mass is 10.2. The van der Waals surface area contributed by atoms with Crippen molar-refractivity contribution in [2.45, 2.75) is 20.0 Å². The van der Waals surface area contributed by atoms with Crippen LogP contribution in [0.3, 0.4) is 0 Å². The molecule has 0 spiro atoms. The summed E-state index contributed by atoms with van der Waals surface area (Å²) in [6, 6.07) is 18.7. The van der Waals surface area contributed by atoms with Crippen molar-refractivity contribution in [3.8, 4) is 17.1 Å². The number of rotatable bonds is 8. The molecule has 0 aliphatic heterocycles. The lowest BCUT2D eigenvalue weighted by molar-refractivity contribution is -0.386. The third-order valence-electron chi connectivity index (χ3n) is 5.27. The highest BCUT2D eigenvalue weighted by Gasteiger charge is 2.26. The summed E-state index contributed by atoms with van der Waals surface area (Å²) in [5, 5.41) is 16.5. The fourth-order valence-corrected chi connectivity index (χ4v) is 4.03. The van der Waals surface area contributed by atoms with Crippen molar-refractivity contribution in [2.24, 2.45) is 5.10 Å². The minimum Gasteiger partial charge on any atom is -0.471 e. The number of halogens is 1. The number of carbonyl (C=O) groups is 1. The van der Waals surface area contributed by atoms with Gasteiger partial charge in [0.2, 0.25) is 5.75 Å². The Morgan fingerprint density at radius 3 is 2.59 bits per heavy atom. The van der Waals surface area contributed by atoms with E-state index in [0.29, 0.717) is 20.9 Å². The van der Waals surface area contributed by atoms with Crippen LogP contribution in [0.15, 0.2) is 81.1 Å². The van der Waals surface area contributed by atoms with E-state index in [9.17, 15) is 19.7 Å². The SMILES string of the molecule is CCOC(=O)[C@@H](C)Oc1c(C=Nn2c(-c3ccccc3)nc3ccccc3c2=O)cc(Br)cc1[N+](=O)[O-]. The molecule has 0 radical (unpaired) electrons. The van der Waals surface area contributed by atoms with E-state index in [1.54, 1.807) is 43.3 Å². The third-order valence-corrected chi connectivity index (χ3v) is 5.73. The Hall–Kier alpha value is -4.38. The number of nitro groups is 1. The topological polar surface area (TPSA) is 126 Å². The highest BCUT2D eigenvalue weighted by Crippen LogP contribution is 2.35. The second kappa shape index (κ2) is 11.1. The second-order valence-corrected chi connectivity index (χ2v) is 8.71. The van der Waals surface area contributed by atoms with E-state index in [0.717, 1.165) is 4.68 Å². The largest absolute Gasteiger partial charge is 0.471 e. The minimum absolute atomic E-state index is 0.128. The van der Waals surface area contributed by atoms with Crippen molar-refractivity contribution in [3.63, 3.8) is 0 Å². The van der Waals surface area contributed by atoms with Crippen LogP contribution in [0.1, 0.15) is 19.4 Å². The predicted molar refractivity (Wildman–Crippen MR) is 142 cm³/mol. The van der Waals surface area contributed by atoms with Crippen LogP contribution in [-0.2, 0) is 9.53 Å². The molecule has 0 N–H and O–H groups in total. The Bertz CT molecular complexity index is 1570. The molecule has 4 aromatic rings. The fourth-order valence-electron chi connectivity index (χ4n) is 3.57. The number of benzene rings is 3. The number of hydrogen-bond acceptors (Lipinski definition) is 8. The summed E-state index contributed by atoms with van der Waals surface area (Å²) in [6.07, 6.45) is 0.131. The highest BCUT2D eigenvalue weighted by atomic mass is 79.9. The number of fused-ring (bicyclic) bond motifs is 1. The number of hydrogen-bond donors (Lipinski definition) is 0. The summed E-state index contributed by atoms with van der Waals surface area (Å²) in [7, 11) is 0. The quantitative estimate of drug-likeness (QED) is 0.128. The molecule has 1 aromatic heterocycles. The Morgan fingerprint density at radius 2 is 1.89 bits per heavy atom. The first-order valence-electron chi connectivity index (χ1n) is 11.2. The van der Waals surface area contributed by atoms with Gasteiger partial charge in [-0.1, -0.05) is 58.4 Å². The summed E-state index contributed by atoms with van der Waals surface area (Å²) in [4.78, 5) is 41.4. The lowest BCUT2D eigenvalue weighted by Gasteiger charge is -2.15. The van der Waals surface area contributed by atoms with Gasteiger partial charge in [-0.15, -0.1) is 0 Å². The Labute approximate surface area is 219 Å². The van der Waals surface area contributed by atoms with Gasteiger partial charge in [0.25, 0.3) is 5.56 Å². The molecule has 0 unspecified atom stereocenters. The van der Waals surface area contributed by atoms with Crippen molar-refractivity contribution in [2.75, 3.05) is 6.61 Å². The molecule has 3 aromatic carbocycles. The zero-order valence-electron chi connectivity index (χ0n) is 19.8. The number of carbonyl (C=O) groups excluding carboxylic acids is 1. The van der Waals surface area contributed by atoms with Crippen LogP contribution >= 0.6 is 15.9 Å². The first kappa shape index (κ1) is 25.7. The van der Waals surface area contributed by atoms with Gasteiger partial charge in [-0.2, -0.15) is 9.78 Å². The normalized spacial score (nSPS) is 12.0. The predicted octanol–water partition coefficient (Wildman–Crippen LogP) is 4.95. The summed E-state index contributed by atoms with van der Waals surface area (Å²) >= 11 is 3.27. The average molecular weight is 565 g/mol. The van der Waals surface area contributed by atoms with E-state index in [1.807, 2.05) is 18.2 Å². The summed E-state index contributed by atoms with van der Waals surface area (Å²) in [5.41, 5.74) is 0.501. The van der Waals surface area contributed by atoms with Gasteiger partial charge >= 0.3 is 11.7 Å². The van der Waals surface area contributed by atoms with Crippen LogP contribution in [0.2, 0.25) is 0 Å². The van der Waals surface area contributed by atoms with E-state index < -0.39 is 22.6 Å². The van der Waals surface area contributed by atoms with Crippen LogP contribution in [0.5, 0.6) is 5.75 Å². The molecule has 0 amide bonds. The van der Waals surface area contributed by atoms with Crippen LogP contribution < -0.4 is 10.3 Å². The molecule has 0 aliphatic carbocycles. The molecule has 1 heterocycles. The second-order valence-electron chi connectivity index (χ2n) is 7.79. The van der Waals surface area contributed by atoms with Crippen LogP contribution in [0.4, 0.5) is 5.69 Å². The summed E-state index contributed by atoms with van der Waals surface area (Å²) < 4.78 is 12.1. The van der Waals surface area contributed by atoms with Crippen molar-refractivity contribution >= 4 is 44.7 Å². The molecule has 0 bridgehead atoms. The monoisotopic (exact) mass is 564 g/mol. The lowest BCUT2D eigenvalue weighted by Crippen LogP contribution is -2.27. The molecule has 0 saturated heterocycles. The Kier molecular flexibility index (Phi) is 7.73. The van der Waals surface area contributed by atoms with Crippen LogP contribution in [0, 0.1) is 10.1 Å². The maximum atomic E-state index is 13.4. The first-order valence-corrected chi connectivity index (χ1v) is 12.0. The van der Waals surface area contributed by atoms with Gasteiger partial charge in [0.1, 0.15) is 0 Å². The van der Waals surface area contributed by atoms with E-state index in [1.165, 1.54) is 25.3 Å². The van der Waals surface area contributed by atoms with Gasteiger partial charge in [0, 0.05) is 21.7 Å². The van der Waals surface area contributed by atoms with Crippen molar-refractivity contribution in [1.82, 2.24) is 9.66 Å². The summed E-state index contributed by atoms with van der Waals surface area (Å²) in [6.45, 7) is 3.20. The Balaban J connectivity index is 1.89. The van der Waals surface area contributed by atoms with E-state index in [-0.39, 0.29) is 29.4 Å². The van der Waals surface area contributed by atoms with E-state index >= 15 is 0 Å². The number of esters is 1. The fraction of sp³-hybridized carbons (Fsp3) is 0.154. The maximum Gasteiger partial charge on any atom is 0.347 e. The number of nitrogens with zero attached hydrogens (tertiary/aromatic N) is 4. The number of para-hydroxylation sites is 1. The van der Waals surface area contributed by atoms with Gasteiger partial charge in [-0.3, -0.25) is 14.9 Å². The number of nitro benzene ring substituents is 1. The molecule has 10 nitrogen and oxygen atoms in total. The van der Waals surface area contributed by atoms with Gasteiger partial charge in [0.05, 0.1) is 28.6 Å². The number of ether oxygens (including phenoxy) is 2. The van der Waals surface area contributed by atoms with E-state index in [4.69, 9.17) is 9.47 Å². The summed E-state index contributed by atoms with van der Waals surface area (Å²) in [5.74, 6) is -0.586. The molecule has 0 saturated carbocycles. The molecule has 4 rings (SSSR count). The van der Waals surface area contributed by atoms with Gasteiger partial charge < -0.3 is 9.47 Å². The van der Waals surface area contributed by atoms with Gasteiger partial charge in [-0.25, -0.2) is 9.78 Å². The van der Waals surface area contributed by atoms with E-state index in [2.05, 4.69) is 26.0 Å². The number of aromatic nitrogens is 2. The first-order chi connectivity index (χ1) is 17.8. The van der Waals surface area contributed by atoms with Crippen LogP contribution in [0.25, 0.3) is 22.3 Å². The zero-order chi connectivity index (χ0) is 26.5. The standard InChI is InChI=1S/C26H21BrN4O6/c1-3-36-26(33)16(2)37-23-18(13-19(27)14-22(23)31(34)35)15-28-30-24(17-9-5-4-6-10-17)29-21-12-8-7-11-20(21)25(30)32/h4-16H,3H2,1-2H3/t16-/m1/s1. The molecule has 11 heteroatoms. The smallest absolute Gasteiger partial charge is 0.347 e. The maximum absolute atomic E-state index is 13.4. The minimum atomic E-state index is -1.13. The molecule has 188 valence electrons. The highest BCUT2D eigenvalue weighted by molar-refractivity contribution is 9.10. The van der Waals surface area contributed by atoms with Crippen molar-refractivity contribution in [3.05, 3.63) is 97.2 Å². The molecule has 1 atom stereocenters. The molecule has 0 aliphatic rings. The van der Waals surface area contributed by atoms with Gasteiger partial charge in [-0.05, 0) is 32.0 Å².